The lowest BCUT2D eigenvalue weighted by Gasteiger charge is -2.31. The van der Waals surface area contributed by atoms with Gasteiger partial charge in [0.1, 0.15) is 11.2 Å². The zero-order valence-corrected chi connectivity index (χ0v) is 33.9. The Bertz CT molecular complexity index is 3650. The largest absolute Gasteiger partial charge is 0.455 e. The molecule has 0 aliphatic heterocycles. The topological polar surface area (TPSA) is 16.4 Å². The van der Waals surface area contributed by atoms with Gasteiger partial charge in [0.2, 0.25) is 0 Å². The van der Waals surface area contributed by atoms with Gasteiger partial charge in [-0.3, -0.25) is 0 Å². The molecule has 12 aromatic rings. The Kier molecular flexibility index (Phi) is 8.53. The molecule has 1 aromatic heterocycles. The lowest BCUT2D eigenvalue weighted by molar-refractivity contribution is 0.670. The number of benzene rings is 11. The standard InChI is InChI=1S/C60H39NO/c1-2-17-40(18-3-1)46-28-13-20-42-21-14-32-54(59(42)46)52-26-7-10-35-57(52)61(44-23-12-22-43(39-44)47-29-15-33-55-53-27-8-11-36-58(53)62-60(47)55)56-34-9-6-25-51(56)49-31-16-30-48-45-24-5-4-19-41(45)37-38-50(48)49/h1-39H. The Labute approximate surface area is 360 Å². The third-order valence-corrected chi connectivity index (χ3v) is 12.5. The molecule has 0 saturated carbocycles. The predicted molar refractivity (Wildman–Crippen MR) is 263 cm³/mol. The zero-order chi connectivity index (χ0) is 41.0. The summed E-state index contributed by atoms with van der Waals surface area (Å²) in [5.74, 6) is 0. The summed E-state index contributed by atoms with van der Waals surface area (Å²) in [5, 5.41) is 9.63. The SMILES string of the molecule is c1ccc(-c2cccc3cccc(-c4ccccc4N(c4cccc(-c5cccc6c5oc5ccccc56)c4)c4ccccc4-c4cccc5c4ccc4ccccc45)c23)cc1. The quantitative estimate of drug-likeness (QED) is 0.150. The van der Waals surface area contributed by atoms with Gasteiger partial charge in [0, 0.05) is 33.2 Å². The van der Waals surface area contributed by atoms with Crippen LogP contribution in [-0.2, 0) is 0 Å². The molecule has 12 rings (SSSR count). The molecule has 62 heavy (non-hydrogen) atoms. The van der Waals surface area contributed by atoms with Crippen LogP contribution in [-0.4, -0.2) is 0 Å². The Balaban J connectivity index is 1.13. The van der Waals surface area contributed by atoms with Crippen molar-refractivity contribution in [2.45, 2.75) is 0 Å². The van der Waals surface area contributed by atoms with Crippen LogP contribution in [0.1, 0.15) is 0 Å². The first-order chi connectivity index (χ1) is 30.8. The van der Waals surface area contributed by atoms with E-state index in [0.29, 0.717) is 0 Å². The van der Waals surface area contributed by atoms with Crippen molar-refractivity contribution in [2.75, 3.05) is 4.90 Å². The Morgan fingerprint density at radius 3 is 1.66 bits per heavy atom. The number of fused-ring (bicyclic) bond motifs is 7. The van der Waals surface area contributed by atoms with E-state index in [1.54, 1.807) is 0 Å². The molecule has 0 bridgehead atoms. The fraction of sp³-hybridized carbons (Fsp3) is 0. The number of anilines is 3. The van der Waals surface area contributed by atoms with Gasteiger partial charge in [-0.15, -0.1) is 0 Å². The summed E-state index contributed by atoms with van der Waals surface area (Å²) in [6.45, 7) is 0. The van der Waals surface area contributed by atoms with Crippen LogP contribution in [0.3, 0.4) is 0 Å². The van der Waals surface area contributed by atoms with Gasteiger partial charge >= 0.3 is 0 Å². The summed E-state index contributed by atoms with van der Waals surface area (Å²) in [7, 11) is 0. The lowest BCUT2D eigenvalue weighted by atomic mass is 9.90. The Morgan fingerprint density at radius 2 is 0.839 bits per heavy atom. The molecule has 2 nitrogen and oxygen atoms in total. The molecular weight excluding hydrogens is 751 g/mol. The minimum Gasteiger partial charge on any atom is -0.455 e. The molecule has 0 spiro atoms. The second-order valence-electron chi connectivity index (χ2n) is 16.0. The summed E-state index contributed by atoms with van der Waals surface area (Å²) in [5.41, 5.74) is 14.2. The Hall–Kier alpha value is -8.20. The van der Waals surface area contributed by atoms with Crippen molar-refractivity contribution in [3.63, 3.8) is 0 Å². The minimum atomic E-state index is 0.892. The number of rotatable bonds is 7. The molecule has 0 aliphatic rings. The van der Waals surface area contributed by atoms with Gasteiger partial charge in [-0.25, -0.2) is 0 Å². The number of para-hydroxylation sites is 4. The monoisotopic (exact) mass is 789 g/mol. The summed E-state index contributed by atoms with van der Waals surface area (Å²) in [6, 6.07) is 85.6. The fourth-order valence-electron chi connectivity index (χ4n) is 9.69. The second kappa shape index (κ2) is 14.8. The van der Waals surface area contributed by atoms with Crippen LogP contribution in [0.4, 0.5) is 17.1 Å². The zero-order valence-electron chi connectivity index (χ0n) is 33.9. The molecule has 2 heteroatoms. The average Bonchev–Trinajstić information content (AvgIpc) is 3.73. The molecule has 0 atom stereocenters. The highest BCUT2D eigenvalue weighted by molar-refractivity contribution is 6.14. The summed E-state index contributed by atoms with van der Waals surface area (Å²) < 4.78 is 6.61. The molecule has 11 aromatic carbocycles. The van der Waals surface area contributed by atoms with E-state index >= 15 is 0 Å². The number of furan rings is 1. The smallest absolute Gasteiger partial charge is 0.143 e. The van der Waals surface area contributed by atoms with E-state index in [0.717, 1.165) is 61.3 Å². The molecule has 0 radical (unpaired) electrons. The van der Waals surface area contributed by atoms with E-state index in [2.05, 4.69) is 235 Å². The van der Waals surface area contributed by atoms with E-state index in [1.165, 1.54) is 54.6 Å². The summed E-state index contributed by atoms with van der Waals surface area (Å²) in [6.07, 6.45) is 0. The molecule has 0 unspecified atom stereocenters. The number of hydrogen-bond acceptors (Lipinski definition) is 2. The van der Waals surface area contributed by atoms with Crippen LogP contribution < -0.4 is 4.90 Å². The van der Waals surface area contributed by atoms with Crippen LogP contribution in [0.15, 0.2) is 241 Å². The van der Waals surface area contributed by atoms with Crippen LogP contribution in [0.2, 0.25) is 0 Å². The second-order valence-corrected chi connectivity index (χ2v) is 16.0. The van der Waals surface area contributed by atoms with Gasteiger partial charge in [0.05, 0.1) is 11.4 Å². The van der Waals surface area contributed by atoms with Crippen molar-refractivity contribution in [3.8, 4) is 44.5 Å². The molecule has 0 aliphatic carbocycles. The van der Waals surface area contributed by atoms with Gasteiger partial charge in [0.25, 0.3) is 0 Å². The van der Waals surface area contributed by atoms with Gasteiger partial charge < -0.3 is 9.32 Å². The van der Waals surface area contributed by atoms with Crippen molar-refractivity contribution in [3.05, 3.63) is 237 Å². The minimum absolute atomic E-state index is 0.892. The summed E-state index contributed by atoms with van der Waals surface area (Å²) >= 11 is 0. The van der Waals surface area contributed by atoms with Crippen molar-refractivity contribution >= 4 is 71.3 Å². The van der Waals surface area contributed by atoms with Crippen molar-refractivity contribution in [1.82, 2.24) is 0 Å². The van der Waals surface area contributed by atoms with E-state index < -0.39 is 0 Å². The first-order valence-electron chi connectivity index (χ1n) is 21.3. The maximum atomic E-state index is 6.61. The maximum Gasteiger partial charge on any atom is 0.143 e. The predicted octanol–water partition coefficient (Wildman–Crippen LogP) is 17.2. The van der Waals surface area contributed by atoms with E-state index in [-0.39, 0.29) is 0 Å². The highest BCUT2D eigenvalue weighted by Gasteiger charge is 2.24. The molecule has 0 fully saturated rings. The van der Waals surface area contributed by atoms with E-state index in [4.69, 9.17) is 4.42 Å². The molecule has 290 valence electrons. The normalized spacial score (nSPS) is 11.5. The van der Waals surface area contributed by atoms with Crippen molar-refractivity contribution < 1.29 is 4.42 Å². The van der Waals surface area contributed by atoms with Crippen molar-refractivity contribution in [1.29, 1.82) is 0 Å². The molecule has 1 heterocycles. The van der Waals surface area contributed by atoms with Crippen LogP contribution in [0, 0.1) is 0 Å². The van der Waals surface area contributed by atoms with E-state index in [1.807, 2.05) is 6.07 Å². The molecular formula is C60H39NO. The first kappa shape index (κ1) is 35.7. The van der Waals surface area contributed by atoms with Gasteiger partial charge in [0.15, 0.2) is 0 Å². The molecule has 0 saturated heterocycles. The number of nitrogens with zero attached hydrogens (tertiary/aromatic N) is 1. The maximum absolute atomic E-state index is 6.61. The van der Waals surface area contributed by atoms with Gasteiger partial charge in [-0.2, -0.15) is 0 Å². The van der Waals surface area contributed by atoms with Gasteiger partial charge in [-0.1, -0.05) is 206 Å². The third-order valence-electron chi connectivity index (χ3n) is 12.5. The van der Waals surface area contributed by atoms with Crippen molar-refractivity contribution in [2.24, 2.45) is 0 Å². The first-order valence-corrected chi connectivity index (χ1v) is 21.3. The van der Waals surface area contributed by atoms with Gasteiger partial charge in [-0.05, 0) is 90.5 Å². The van der Waals surface area contributed by atoms with Crippen LogP contribution in [0.5, 0.6) is 0 Å². The molecule has 0 amide bonds. The fourth-order valence-corrected chi connectivity index (χ4v) is 9.69. The van der Waals surface area contributed by atoms with Crippen LogP contribution in [0.25, 0.3) is 98.8 Å². The number of hydrogen-bond donors (Lipinski definition) is 0. The average molecular weight is 790 g/mol. The highest BCUT2D eigenvalue weighted by Crippen LogP contribution is 2.49. The van der Waals surface area contributed by atoms with Crippen LogP contribution >= 0.6 is 0 Å². The van der Waals surface area contributed by atoms with E-state index in [9.17, 15) is 0 Å². The molecule has 0 N–H and O–H groups in total. The summed E-state index contributed by atoms with van der Waals surface area (Å²) in [4.78, 5) is 2.47. The highest BCUT2D eigenvalue weighted by atomic mass is 16.3. The lowest BCUT2D eigenvalue weighted by Crippen LogP contribution is -2.12. The third kappa shape index (κ3) is 5.88. The Morgan fingerprint density at radius 1 is 0.290 bits per heavy atom.